The molecule has 2 aliphatic heterocycles. The second-order valence-corrected chi connectivity index (χ2v) is 8.60. The van der Waals surface area contributed by atoms with Crippen LogP contribution in [0.4, 0.5) is 4.39 Å². The molecule has 6 heteroatoms. The number of ether oxygens (including phenoxy) is 2. The quantitative estimate of drug-likeness (QED) is 0.818. The average Bonchev–Trinajstić information content (AvgIpc) is 3.28. The topological polar surface area (TPSA) is 38.8 Å². The molecular weight excluding hydrogens is 329 g/mol. The number of carbonyl (C=O) groups excluding carboxylic acids is 1. The molecule has 4 nitrogen and oxygen atoms in total. The van der Waals surface area contributed by atoms with Crippen molar-refractivity contribution < 1.29 is 18.7 Å². The van der Waals surface area contributed by atoms with Crippen LogP contribution in [0.1, 0.15) is 29.6 Å². The van der Waals surface area contributed by atoms with Crippen LogP contribution in [0.5, 0.6) is 5.75 Å². The van der Waals surface area contributed by atoms with Gasteiger partial charge < -0.3 is 14.4 Å². The number of rotatable bonds is 5. The summed E-state index contributed by atoms with van der Waals surface area (Å²) in [7, 11) is 1.41. The number of nitrogens with zero attached hydrogens (tertiary/aromatic N) is 1. The minimum Gasteiger partial charge on any atom is -0.494 e. The molecule has 0 aromatic heterocycles. The van der Waals surface area contributed by atoms with Crippen LogP contribution in [0.3, 0.4) is 0 Å². The maximum absolute atomic E-state index is 13.8. The van der Waals surface area contributed by atoms with E-state index in [9.17, 15) is 9.18 Å². The molecule has 1 amide bonds. The Morgan fingerprint density at radius 2 is 2.21 bits per heavy atom. The van der Waals surface area contributed by atoms with E-state index in [1.165, 1.54) is 32.1 Å². The number of halogens is 1. The fourth-order valence-corrected chi connectivity index (χ4v) is 5.01. The molecule has 1 spiro atoms. The highest BCUT2D eigenvalue weighted by Crippen LogP contribution is 2.46. The monoisotopic (exact) mass is 351 g/mol. The molecule has 0 bridgehead atoms. The summed E-state index contributed by atoms with van der Waals surface area (Å²) in [5, 5.41) is 0. The Balaban J connectivity index is 1.31. The van der Waals surface area contributed by atoms with E-state index in [1.807, 2.05) is 11.8 Å². The summed E-state index contributed by atoms with van der Waals surface area (Å²) in [5.41, 5.74) is 0.382. The first-order chi connectivity index (χ1) is 11.6. The Bertz CT molecular complexity index is 643. The van der Waals surface area contributed by atoms with Gasteiger partial charge in [0.2, 0.25) is 0 Å². The molecule has 1 atom stereocenters. The van der Waals surface area contributed by atoms with Crippen molar-refractivity contribution in [3.8, 4) is 5.75 Å². The normalized spacial score (nSPS) is 24.9. The first-order valence-electron chi connectivity index (χ1n) is 8.47. The molecule has 2 saturated heterocycles. The van der Waals surface area contributed by atoms with E-state index in [4.69, 9.17) is 9.47 Å². The molecule has 24 heavy (non-hydrogen) atoms. The van der Waals surface area contributed by atoms with Gasteiger partial charge in [0, 0.05) is 31.0 Å². The lowest BCUT2D eigenvalue weighted by Crippen LogP contribution is -2.60. The summed E-state index contributed by atoms with van der Waals surface area (Å²) in [6.07, 6.45) is 3.97. The van der Waals surface area contributed by atoms with Crippen molar-refractivity contribution in [1.82, 2.24) is 4.90 Å². The van der Waals surface area contributed by atoms with Crippen molar-refractivity contribution in [3.63, 3.8) is 0 Å². The minimum atomic E-state index is -0.498. The van der Waals surface area contributed by atoms with E-state index in [1.54, 1.807) is 11.0 Å². The van der Waals surface area contributed by atoms with E-state index in [0.29, 0.717) is 11.7 Å². The van der Waals surface area contributed by atoms with Crippen LogP contribution in [0, 0.1) is 11.7 Å². The van der Waals surface area contributed by atoms with Crippen molar-refractivity contribution >= 4 is 17.7 Å². The van der Waals surface area contributed by atoms with E-state index in [-0.39, 0.29) is 16.4 Å². The van der Waals surface area contributed by atoms with Crippen molar-refractivity contribution in [2.75, 3.05) is 32.6 Å². The Morgan fingerprint density at radius 3 is 2.88 bits per heavy atom. The van der Waals surface area contributed by atoms with Gasteiger partial charge in [0.1, 0.15) is 0 Å². The number of carbonyl (C=O) groups is 1. The number of thioether (sulfide) groups is 1. The van der Waals surface area contributed by atoms with Gasteiger partial charge in [-0.2, -0.15) is 0 Å². The van der Waals surface area contributed by atoms with Crippen LogP contribution in [-0.4, -0.2) is 54.2 Å². The van der Waals surface area contributed by atoms with Crippen LogP contribution in [0.15, 0.2) is 18.2 Å². The average molecular weight is 351 g/mol. The first-order valence-corrected chi connectivity index (χ1v) is 9.45. The van der Waals surface area contributed by atoms with E-state index in [2.05, 4.69) is 0 Å². The lowest BCUT2D eigenvalue weighted by molar-refractivity contribution is 0.0286. The summed E-state index contributed by atoms with van der Waals surface area (Å²) in [4.78, 5) is 14.3. The highest BCUT2D eigenvalue weighted by atomic mass is 32.2. The lowest BCUT2D eigenvalue weighted by atomic mass is 9.92. The van der Waals surface area contributed by atoms with Crippen LogP contribution in [0.25, 0.3) is 0 Å². The molecule has 130 valence electrons. The third-order valence-corrected chi connectivity index (χ3v) is 6.66. The molecule has 1 aromatic carbocycles. The number of hydrogen-bond acceptors (Lipinski definition) is 4. The molecule has 3 fully saturated rings. The highest BCUT2D eigenvalue weighted by molar-refractivity contribution is 8.01. The molecule has 1 saturated carbocycles. The molecule has 1 unspecified atom stereocenters. The Morgan fingerprint density at radius 1 is 1.42 bits per heavy atom. The van der Waals surface area contributed by atoms with Gasteiger partial charge in [0.15, 0.2) is 11.6 Å². The van der Waals surface area contributed by atoms with Crippen LogP contribution in [0.2, 0.25) is 0 Å². The summed E-state index contributed by atoms with van der Waals surface area (Å²) < 4.78 is 24.8. The zero-order valence-electron chi connectivity index (χ0n) is 13.8. The maximum atomic E-state index is 13.8. The SMILES string of the molecule is COc1ccc(C(=O)N2CC3(CC(OCC4CC4)CS3)C2)cc1F. The van der Waals surface area contributed by atoms with Gasteiger partial charge in [-0.15, -0.1) is 11.8 Å². The second-order valence-electron chi connectivity index (χ2n) is 7.11. The molecule has 0 N–H and O–H groups in total. The predicted molar refractivity (Wildman–Crippen MR) is 91.1 cm³/mol. The highest BCUT2D eigenvalue weighted by Gasteiger charge is 2.51. The largest absolute Gasteiger partial charge is 0.494 e. The van der Waals surface area contributed by atoms with Crippen LogP contribution >= 0.6 is 11.8 Å². The molecule has 4 rings (SSSR count). The smallest absolute Gasteiger partial charge is 0.254 e. The van der Waals surface area contributed by atoms with Crippen LogP contribution < -0.4 is 4.74 Å². The Kier molecular flexibility index (Phi) is 4.21. The van der Waals surface area contributed by atoms with Gasteiger partial charge in [0.25, 0.3) is 5.91 Å². The predicted octanol–water partition coefficient (Wildman–Crippen LogP) is 2.96. The third-order valence-electron chi connectivity index (χ3n) is 5.08. The summed E-state index contributed by atoms with van der Waals surface area (Å²) >= 11 is 1.92. The number of methoxy groups -OCH3 is 1. The zero-order chi connectivity index (χ0) is 16.7. The van der Waals surface area contributed by atoms with Gasteiger partial charge in [-0.05, 0) is 43.4 Å². The van der Waals surface area contributed by atoms with Gasteiger partial charge in [0.05, 0.1) is 18.0 Å². The van der Waals surface area contributed by atoms with Crippen molar-refractivity contribution in [2.45, 2.75) is 30.1 Å². The number of hydrogen-bond donors (Lipinski definition) is 0. The maximum Gasteiger partial charge on any atom is 0.254 e. The fraction of sp³-hybridized carbons (Fsp3) is 0.611. The number of likely N-dealkylation sites (tertiary alicyclic amines) is 1. The molecule has 1 aliphatic carbocycles. The second kappa shape index (κ2) is 6.23. The third kappa shape index (κ3) is 3.14. The van der Waals surface area contributed by atoms with Gasteiger partial charge in [-0.1, -0.05) is 0 Å². The van der Waals surface area contributed by atoms with Gasteiger partial charge >= 0.3 is 0 Å². The first kappa shape index (κ1) is 16.2. The number of benzene rings is 1. The van der Waals surface area contributed by atoms with Crippen LogP contribution in [-0.2, 0) is 4.74 Å². The molecule has 3 aliphatic rings. The number of amides is 1. The summed E-state index contributed by atoms with van der Waals surface area (Å²) in [6, 6.07) is 4.39. The molecule has 1 aromatic rings. The van der Waals surface area contributed by atoms with Crippen molar-refractivity contribution in [2.24, 2.45) is 5.92 Å². The van der Waals surface area contributed by atoms with E-state index >= 15 is 0 Å². The minimum absolute atomic E-state index is 0.106. The Labute approximate surface area is 145 Å². The lowest BCUT2D eigenvalue weighted by Gasteiger charge is -2.47. The van der Waals surface area contributed by atoms with Crippen molar-refractivity contribution in [3.05, 3.63) is 29.6 Å². The van der Waals surface area contributed by atoms with Gasteiger partial charge in [-0.3, -0.25) is 4.79 Å². The molecule has 2 heterocycles. The van der Waals surface area contributed by atoms with E-state index < -0.39 is 5.82 Å². The summed E-state index contributed by atoms with van der Waals surface area (Å²) in [6.45, 7) is 2.36. The zero-order valence-corrected chi connectivity index (χ0v) is 14.6. The van der Waals surface area contributed by atoms with Crippen molar-refractivity contribution in [1.29, 1.82) is 0 Å². The summed E-state index contributed by atoms with van der Waals surface area (Å²) in [5.74, 6) is 1.36. The fourth-order valence-electron chi connectivity index (χ4n) is 3.46. The van der Waals surface area contributed by atoms with E-state index in [0.717, 1.165) is 37.8 Å². The molecular formula is C18H22FNO3S. The molecule has 0 radical (unpaired) electrons. The standard InChI is InChI=1S/C18H22FNO3S/c1-22-16-5-4-13(6-15(16)19)17(21)20-10-18(11-20)7-14(9-24-18)23-8-12-2-3-12/h4-6,12,14H,2-3,7-11H2,1H3. The van der Waals surface area contributed by atoms with Gasteiger partial charge in [-0.25, -0.2) is 4.39 Å². The Hall–Kier alpha value is -1.27.